The molecule has 0 aromatic heterocycles. The molecule has 0 spiro atoms. The predicted molar refractivity (Wildman–Crippen MR) is 92.2 cm³/mol. The molecule has 2 aromatic carbocycles. The molecule has 0 saturated carbocycles. The quantitative estimate of drug-likeness (QED) is 0.679. The molecule has 0 bridgehead atoms. The first-order valence-electron chi connectivity index (χ1n) is 8.57. The molecule has 0 radical (unpaired) electrons. The molecule has 2 aliphatic heterocycles. The smallest absolute Gasteiger partial charge is 0.437 e. The standard InChI is InChI=1S/C19H15F3N2O5/c20-19(21,22)18(27)14(16(25)10-4-2-1-3-5-10)15(23-17(26)24-18)11-6-7-12-13(8-11)29-9-28-12/h1-8,14-15,27H,9H2,(H2,23,24,26)/t14-,15+,18-/m1/s1. The lowest BCUT2D eigenvalue weighted by molar-refractivity contribution is -0.287. The maximum Gasteiger partial charge on any atom is 0.437 e. The zero-order valence-electron chi connectivity index (χ0n) is 14.7. The maximum absolute atomic E-state index is 13.8. The fraction of sp³-hybridized carbons (Fsp3) is 0.263. The number of carbonyl (C=O) groups excluding carboxylic acids is 2. The molecule has 29 heavy (non-hydrogen) atoms. The summed E-state index contributed by atoms with van der Waals surface area (Å²) >= 11 is 0. The number of halogens is 3. The van der Waals surface area contributed by atoms with Crippen LogP contribution in [0.5, 0.6) is 11.5 Å². The summed E-state index contributed by atoms with van der Waals surface area (Å²) in [5.74, 6) is -2.44. The number of hydrogen-bond donors (Lipinski definition) is 3. The van der Waals surface area contributed by atoms with Gasteiger partial charge in [-0.3, -0.25) is 4.79 Å². The van der Waals surface area contributed by atoms with Crippen molar-refractivity contribution in [1.82, 2.24) is 10.6 Å². The lowest BCUT2D eigenvalue weighted by Crippen LogP contribution is -2.72. The lowest BCUT2D eigenvalue weighted by Gasteiger charge is -2.45. The van der Waals surface area contributed by atoms with E-state index in [1.807, 2.05) is 0 Å². The van der Waals surface area contributed by atoms with Gasteiger partial charge in [0.2, 0.25) is 12.5 Å². The molecule has 3 N–H and O–H groups in total. The number of urea groups is 1. The third-order valence-corrected chi connectivity index (χ3v) is 4.90. The summed E-state index contributed by atoms with van der Waals surface area (Å²) in [5.41, 5.74) is -3.66. The van der Waals surface area contributed by atoms with E-state index >= 15 is 0 Å². The Bertz CT molecular complexity index is 966. The summed E-state index contributed by atoms with van der Waals surface area (Å²) in [6.07, 6.45) is -5.31. The van der Waals surface area contributed by atoms with Gasteiger partial charge in [0.25, 0.3) is 0 Å². The number of aliphatic hydroxyl groups is 1. The van der Waals surface area contributed by atoms with Gasteiger partial charge >= 0.3 is 12.2 Å². The molecule has 3 atom stereocenters. The average molecular weight is 408 g/mol. The SMILES string of the molecule is O=C1N[C@@H](c2ccc3c(c2)OCO3)[C@H](C(=O)c2ccccc2)[C@@](O)(C(F)(F)F)N1. The van der Waals surface area contributed by atoms with E-state index in [0.29, 0.717) is 5.75 Å². The molecule has 2 amide bonds. The number of carbonyl (C=O) groups is 2. The van der Waals surface area contributed by atoms with Crippen molar-refractivity contribution in [3.63, 3.8) is 0 Å². The van der Waals surface area contributed by atoms with Crippen LogP contribution in [-0.2, 0) is 0 Å². The second kappa shape index (κ2) is 6.66. The van der Waals surface area contributed by atoms with Crippen molar-refractivity contribution in [2.24, 2.45) is 5.92 Å². The number of ether oxygens (including phenoxy) is 2. The normalized spacial score (nSPS) is 25.9. The van der Waals surface area contributed by atoms with Crippen molar-refractivity contribution >= 4 is 11.8 Å². The van der Waals surface area contributed by atoms with E-state index in [9.17, 15) is 27.9 Å². The Labute approximate surface area is 162 Å². The highest BCUT2D eigenvalue weighted by Gasteiger charge is 2.66. The molecule has 7 nitrogen and oxygen atoms in total. The molecule has 2 aromatic rings. The van der Waals surface area contributed by atoms with Crippen LogP contribution in [0.1, 0.15) is 22.0 Å². The molecule has 0 aliphatic carbocycles. The summed E-state index contributed by atoms with van der Waals surface area (Å²) in [6, 6.07) is 8.77. The van der Waals surface area contributed by atoms with Crippen LogP contribution in [0.2, 0.25) is 0 Å². The Kier molecular flexibility index (Phi) is 4.38. The van der Waals surface area contributed by atoms with E-state index in [1.54, 1.807) is 6.07 Å². The Morgan fingerprint density at radius 2 is 1.79 bits per heavy atom. The van der Waals surface area contributed by atoms with E-state index in [0.717, 1.165) is 0 Å². The summed E-state index contributed by atoms with van der Waals surface area (Å²) in [6.45, 7) is -0.0593. The molecular formula is C19H15F3N2O5. The summed E-state index contributed by atoms with van der Waals surface area (Å²) in [5, 5.41) is 14.3. The number of amides is 2. The van der Waals surface area contributed by atoms with Gasteiger partial charge in [-0.25, -0.2) is 4.79 Å². The fourth-order valence-corrected chi connectivity index (χ4v) is 3.51. The third kappa shape index (κ3) is 3.15. The van der Waals surface area contributed by atoms with Crippen LogP contribution in [0.25, 0.3) is 0 Å². The number of alkyl halides is 3. The largest absolute Gasteiger partial charge is 0.454 e. The number of nitrogens with one attached hydrogen (secondary N) is 2. The van der Waals surface area contributed by atoms with Crippen molar-refractivity contribution < 1.29 is 37.3 Å². The summed E-state index contributed by atoms with van der Waals surface area (Å²) in [4.78, 5) is 25.1. The van der Waals surface area contributed by atoms with E-state index in [2.05, 4.69) is 5.32 Å². The van der Waals surface area contributed by atoms with Crippen LogP contribution in [0.3, 0.4) is 0 Å². The second-order valence-corrected chi connectivity index (χ2v) is 6.66. The minimum absolute atomic E-state index is 0.0381. The third-order valence-electron chi connectivity index (χ3n) is 4.90. The molecule has 10 heteroatoms. The Morgan fingerprint density at radius 1 is 1.10 bits per heavy atom. The van der Waals surface area contributed by atoms with Gasteiger partial charge in [-0.15, -0.1) is 0 Å². The number of hydrogen-bond acceptors (Lipinski definition) is 5. The van der Waals surface area contributed by atoms with Gasteiger partial charge in [-0.2, -0.15) is 13.2 Å². The van der Waals surface area contributed by atoms with Gasteiger partial charge in [0, 0.05) is 5.56 Å². The number of fused-ring (bicyclic) bond motifs is 1. The highest BCUT2D eigenvalue weighted by Crippen LogP contribution is 2.45. The Balaban J connectivity index is 1.84. The zero-order valence-corrected chi connectivity index (χ0v) is 14.7. The zero-order chi connectivity index (χ0) is 20.8. The van der Waals surface area contributed by atoms with Gasteiger partial charge in [-0.1, -0.05) is 36.4 Å². The summed E-state index contributed by atoms with van der Waals surface area (Å²) < 4.78 is 52.0. The van der Waals surface area contributed by atoms with E-state index in [4.69, 9.17) is 9.47 Å². The average Bonchev–Trinajstić information content (AvgIpc) is 3.14. The molecular weight excluding hydrogens is 393 g/mol. The first kappa shape index (κ1) is 19.1. The van der Waals surface area contributed by atoms with Crippen LogP contribution in [0.4, 0.5) is 18.0 Å². The minimum Gasteiger partial charge on any atom is -0.454 e. The van der Waals surface area contributed by atoms with Gasteiger partial charge in [-0.05, 0) is 17.7 Å². The van der Waals surface area contributed by atoms with Crippen LogP contribution in [0, 0.1) is 5.92 Å². The second-order valence-electron chi connectivity index (χ2n) is 6.66. The number of Topliss-reactive ketones (excluding diaryl/α,β-unsaturated/α-hetero) is 1. The van der Waals surface area contributed by atoms with Gasteiger partial charge in [0.05, 0.1) is 6.04 Å². The van der Waals surface area contributed by atoms with Gasteiger partial charge < -0.3 is 25.2 Å². The maximum atomic E-state index is 13.8. The van der Waals surface area contributed by atoms with Crippen LogP contribution in [0.15, 0.2) is 48.5 Å². The van der Waals surface area contributed by atoms with Crippen molar-refractivity contribution in [3.8, 4) is 11.5 Å². The van der Waals surface area contributed by atoms with Crippen molar-refractivity contribution in [1.29, 1.82) is 0 Å². The lowest BCUT2D eigenvalue weighted by atomic mass is 9.77. The van der Waals surface area contributed by atoms with Gasteiger partial charge in [0.15, 0.2) is 17.3 Å². The molecule has 2 aliphatic rings. The Hall–Kier alpha value is -3.27. The molecule has 4 rings (SSSR count). The number of rotatable bonds is 3. The van der Waals surface area contributed by atoms with Gasteiger partial charge in [0.1, 0.15) is 5.92 Å². The van der Waals surface area contributed by atoms with Crippen molar-refractivity contribution in [2.45, 2.75) is 17.9 Å². The molecule has 1 saturated heterocycles. The van der Waals surface area contributed by atoms with E-state index in [1.165, 1.54) is 47.8 Å². The van der Waals surface area contributed by atoms with E-state index in [-0.39, 0.29) is 23.7 Å². The molecule has 152 valence electrons. The Morgan fingerprint density at radius 3 is 2.48 bits per heavy atom. The van der Waals surface area contributed by atoms with E-state index < -0.39 is 35.7 Å². The molecule has 0 unspecified atom stereocenters. The van der Waals surface area contributed by atoms with Crippen molar-refractivity contribution in [3.05, 3.63) is 59.7 Å². The van der Waals surface area contributed by atoms with Crippen LogP contribution < -0.4 is 20.1 Å². The molecule has 1 fully saturated rings. The minimum atomic E-state index is -5.31. The fourth-order valence-electron chi connectivity index (χ4n) is 3.51. The number of benzene rings is 2. The van der Waals surface area contributed by atoms with Crippen LogP contribution >= 0.6 is 0 Å². The van der Waals surface area contributed by atoms with Crippen molar-refractivity contribution in [2.75, 3.05) is 6.79 Å². The number of ketones is 1. The first-order valence-corrected chi connectivity index (χ1v) is 8.57. The summed E-state index contributed by atoms with van der Waals surface area (Å²) in [7, 11) is 0. The monoisotopic (exact) mass is 408 g/mol. The van der Waals surface area contributed by atoms with Crippen LogP contribution in [-0.4, -0.2) is 35.6 Å². The topological polar surface area (TPSA) is 96.9 Å². The predicted octanol–water partition coefficient (Wildman–Crippen LogP) is 2.52. The highest BCUT2D eigenvalue weighted by atomic mass is 19.4. The highest BCUT2D eigenvalue weighted by molar-refractivity contribution is 6.00. The first-order chi connectivity index (χ1) is 13.7. The molecule has 2 heterocycles.